The van der Waals surface area contributed by atoms with Crippen LogP contribution in [0.4, 0.5) is 0 Å². The average molecular weight is 251 g/mol. The Labute approximate surface area is 108 Å². The first kappa shape index (κ1) is 14.5. The molecule has 0 fully saturated rings. The Balaban J connectivity index is 2.52. The molecule has 1 amide bonds. The third-order valence-corrected chi connectivity index (χ3v) is 2.38. The van der Waals surface area contributed by atoms with Crippen molar-refractivity contribution in [1.82, 2.24) is 5.32 Å². The van der Waals surface area contributed by atoms with Crippen molar-refractivity contribution in [3.8, 4) is 5.75 Å². The molecule has 0 heterocycles. The van der Waals surface area contributed by atoms with E-state index in [1.54, 1.807) is 38.1 Å². The molecule has 2 N–H and O–H groups in total. The average Bonchev–Trinajstić information content (AvgIpc) is 2.25. The van der Waals surface area contributed by atoms with E-state index in [1.807, 2.05) is 13.8 Å². The summed E-state index contributed by atoms with van der Waals surface area (Å²) in [6, 6.07) is 7.18. The van der Waals surface area contributed by atoms with E-state index in [0.29, 0.717) is 5.75 Å². The third-order valence-electron chi connectivity index (χ3n) is 2.38. The number of hydrogen-bond acceptors (Lipinski definition) is 3. The lowest BCUT2D eigenvalue weighted by atomic mass is 9.99. The summed E-state index contributed by atoms with van der Waals surface area (Å²) in [5.41, 5.74) is -0.0606. The lowest BCUT2D eigenvalue weighted by molar-refractivity contribution is -0.123. The number of aliphatic hydroxyl groups is 1. The fourth-order valence-corrected chi connectivity index (χ4v) is 1.47. The Hall–Kier alpha value is -1.55. The number of ether oxygens (including phenoxy) is 1. The zero-order valence-corrected chi connectivity index (χ0v) is 11.4. The highest BCUT2D eigenvalue weighted by atomic mass is 16.5. The van der Waals surface area contributed by atoms with Gasteiger partial charge in [0.25, 0.3) is 5.91 Å². The minimum absolute atomic E-state index is 0.0000442. The molecule has 0 spiro atoms. The normalized spacial score (nSPS) is 11.4. The van der Waals surface area contributed by atoms with Crippen LogP contribution in [0.3, 0.4) is 0 Å². The zero-order valence-electron chi connectivity index (χ0n) is 11.4. The highest BCUT2D eigenvalue weighted by Gasteiger charge is 2.15. The summed E-state index contributed by atoms with van der Waals surface area (Å²) in [6.45, 7) is 7.24. The Kier molecular flexibility index (Phi) is 4.73. The van der Waals surface area contributed by atoms with Crippen molar-refractivity contribution in [3.63, 3.8) is 0 Å². The Bertz CT molecular complexity index is 390. The molecule has 0 saturated heterocycles. The van der Waals surface area contributed by atoms with E-state index >= 15 is 0 Å². The van der Waals surface area contributed by atoms with Crippen LogP contribution in [0.2, 0.25) is 0 Å². The Morgan fingerprint density at radius 1 is 1.33 bits per heavy atom. The number of carbonyl (C=O) groups is 1. The monoisotopic (exact) mass is 251 g/mol. The summed E-state index contributed by atoms with van der Waals surface area (Å²) in [5.74, 6) is 0.471. The SMILES string of the molecule is CC(C)NC(=O)COc1ccc(C(C)(C)O)cc1. The van der Waals surface area contributed by atoms with Crippen LogP contribution in [-0.2, 0) is 10.4 Å². The van der Waals surface area contributed by atoms with Crippen LogP contribution < -0.4 is 10.1 Å². The summed E-state index contributed by atoms with van der Waals surface area (Å²) in [4.78, 5) is 11.4. The van der Waals surface area contributed by atoms with Crippen molar-refractivity contribution < 1.29 is 14.6 Å². The van der Waals surface area contributed by atoms with Crippen molar-refractivity contribution in [2.75, 3.05) is 6.61 Å². The van der Waals surface area contributed by atoms with Crippen LogP contribution in [0, 0.1) is 0 Å². The maximum atomic E-state index is 11.4. The molecule has 0 saturated carbocycles. The molecule has 0 radical (unpaired) electrons. The first-order valence-corrected chi connectivity index (χ1v) is 6.04. The van der Waals surface area contributed by atoms with Crippen LogP contribution in [-0.4, -0.2) is 23.7 Å². The van der Waals surface area contributed by atoms with Gasteiger partial charge in [0.1, 0.15) is 5.75 Å². The molecule has 0 aliphatic carbocycles. The molecule has 0 aliphatic heterocycles. The van der Waals surface area contributed by atoms with Gasteiger partial charge in [-0.05, 0) is 45.4 Å². The highest BCUT2D eigenvalue weighted by Crippen LogP contribution is 2.22. The Morgan fingerprint density at radius 2 is 1.89 bits per heavy atom. The van der Waals surface area contributed by atoms with Gasteiger partial charge in [0.2, 0.25) is 0 Å². The Morgan fingerprint density at radius 3 is 2.33 bits per heavy atom. The fraction of sp³-hybridized carbons (Fsp3) is 0.500. The fourth-order valence-electron chi connectivity index (χ4n) is 1.47. The van der Waals surface area contributed by atoms with Crippen LogP contribution in [0.1, 0.15) is 33.3 Å². The van der Waals surface area contributed by atoms with Crippen LogP contribution in [0.5, 0.6) is 5.75 Å². The zero-order chi connectivity index (χ0) is 13.8. The summed E-state index contributed by atoms with van der Waals surface area (Å²) in [6.07, 6.45) is 0. The van der Waals surface area contributed by atoms with Gasteiger partial charge in [-0.25, -0.2) is 0 Å². The topological polar surface area (TPSA) is 58.6 Å². The van der Waals surface area contributed by atoms with E-state index in [-0.39, 0.29) is 18.6 Å². The lowest BCUT2D eigenvalue weighted by Crippen LogP contribution is -2.34. The van der Waals surface area contributed by atoms with Crippen molar-refractivity contribution in [3.05, 3.63) is 29.8 Å². The van der Waals surface area contributed by atoms with E-state index in [4.69, 9.17) is 4.74 Å². The summed E-state index contributed by atoms with van der Waals surface area (Å²) in [5, 5.41) is 12.5. The summed E-state index contributed by atoms with van der Waals surface area (Å²) >= 11 is 0. The van der Waals surface area contributed by atoms with Crippen molar-refractivity contribution in [2.45, 2.75) is 39.3 Å². The summed E-state index contributed by atoms with van der Waals surface area (Å²) < 4.78 is 5.34. The quantitative estimate of drug-likeness (QED) is 0.839. The lowest BCUT2D eigenvalue weighted by Gasteiger charge is -2.18. The molecule has 1 aromatic rings. The van der Waals surface area contributed by atoms with E-state index in [0.717, 1.165) is 5.56 Å². The van der Waals surface area contributed by atoms with E-state index in [1.165, 1.54) is 0 Å². The van der Waals surface area contributed by atoms with Gasteiger partial charge >= 0.3 is 0 Å². The molecule has 18 heavy (non-hydrogen) atoms. The van der Waals surface area contributed by atoms with Crippen LogP contribution >= 0.6 is 0 Å². The van der Waals surface area contributed by atoms with Crippen molar-refractivity contribution >= 4 is 5.91 Å². The first-order chi connectivity index (χ1) is 8.29. The molecular formula is C14H21NO3. The van der Waals surface area contributed by atoms with Crippen molar-refractivity contribution in [2.24, 2.45) is 0 Å². The third kappa shape index (κ3) is 4.75. The number of benzene rings is 1. The predicted molar refractivity (Wildman–Crippen MR) is 70.5 cm³/mol. The second-order valence-electron chi connectivity index (χ2n) is 5.09. The molecule has 0 atom stereocenters. The van der Waals surface area contributed by atoms with Gasteiger partial charge < -0.3 is 15.2 Å². The second kappa shape index (κ2) is 5.87. The number of rotatable bonds is 5. The largest absolute Gasteiger partial charge is 0.484 e. The molecule has 0 bridgehead atoms. The van der Waals surface area contributed by atoms with E-state index in [9.17, 15) is 9.90 Å². The minimum Gasteiger partial charge on any atom is -0.484 e. The highest BCUT2D eigenvalue weighted by molar-refractivity contribution is 5.77. The molecule has 0 aliphatic rings. The molecule has 100 valence electrons. The van der Waals surface area contributed by atoms with Gasteiger partial charge in [0.05, 0.1) is 5.60 Å². The molecule has 4 nitrogen and oxygen atoms in total. The van der Waals surface area contributed by atoms with E-state index in [2.05, 4.69) is 5.32 Å². The molecule has 1 rings (SSSR count). The van der Waals surface area contributed by atoms with Crippen molar-refractivity contribution in [1.29, 1.82) is 0 Å². The van der Waals surface area contributed by atoms with Gasteiger partial charge in [-0.3, -0.25) is 4.79 Å². The predicted octanol–water partition coefficient (Wildman–Crippen LogP) is 1.82. The number of carbonyl (C=O) groups excluding carboxylic acids is 1. The second-order valence-corrected chi connectivity index (χ2v) is 5.09. The number of amides is 1. The van der Waals surface area contributed by atoms with Crippen LogP contribution in [0.25, 0.3) is 0 Å². The maximum Gasteiger partial charge on any atom is 0.258 e. The number of hydrogen-bond donors (Lipinski definition) is 2. The molecule has 0 aromatic heterocycles. The maximum absolute atomic E-state index is 11.4. The first-order valence-electron chi connectivity index (χ1n) is 6.04. The minimum atomic E-state index is -0.868. The number of nitrogens with one attached hydrogen (secondary N) is 1. The van der Waals surface area contributed by atoms with Gasteiger partial charge in [0, 0.05) is 6.04 Å². The van der Waals surface area contributed by atoms with Gasteiger partial charge in [-0.2, -0.15) is 0 Å². The van der Waals surface area contributed by atoms with Gasteiger partial charge in [-0.1, -0.05) is 12.1 Å². The van der Waals surface area contributed by atoms with Gasteiger partial charge in [0.15, 0.2) is 6.61 Å². The molecule has 1 aromatic carbocycles. The molecule has 4 heteroatoms. The molecular weight excluding hydrogens is 230 g/mol. The van der Waals surface area contributed by atoms with E-state index < -0.39 is 5.60 Å². The van der Waals surface area contributed by atoms with Crippen LogP contribution in [0.15, 0.2) is 24.3 Å². The molecule has 0 unspecified atom stereocenters. The van der Waals surface area contributed by atoms with Gasteiger partial charge in [-0.15, -0.1) is 0 Å². The smallest absolute Gasteiger partial charge is 0.258 e. The summed E-state index contributed by atoms with van der Waals surface area (Å²) in [7, 11) is 0. The standard InChI is InChI=1S/C14H21NO3/c1-10(2)15-13(16)9-18-12-7-5-11(6-8-12)14(3,4)17/h5-8,10,17H,9H2,1-4H3,(H,15,16).